The highest BCUT2D eigenvalue weighted by atomic mass is 35.5. The van der Waals surface area contributed by atoms with Crippen LogP contribution in [0, 0.1) is 0 Å². The quantitative estimate of drug-likeness (QED) is 0.676. The number of anilines is 1. The number of alkyl halides is 1. The predicted octanol–water partition coefficient (Wildman–Crippen LogP) is 2.81. The number of benzene rings is 1. The lowest BCUT2D eigenvalue weighted by Gasteiger charge is -2.34. The number of carbonyl (C=O) groups is 1. The molecule has 140 valence electrons. The fourth-order valence-corrected chi connectivity index (χ4v) is 3.80. The third-order valence-electron chi connectivity index (χ3n) is 4.38. The molecule has 1 amide bonds. The zero-order valence-corrected chi connectivity index (χ0v) is 16.4. The van der Waals surface area contributed by atoms with Gasteiger partial charge in [-0.3, -0.25) is 4.79 Å². The Morgan fingerprint density at radius 1 is 1.31 bits per heavy atom. The molecule has 0 N–H and O–H groups in total. The largest absolute Gasteiger partial charge is 0.497 e. The van der Waals surface area contributed by atoms with Gasteiger partial charge in [-0.2, -0.15) is 4.37 Å². The lowest BCUT2D eigenvalue weighted by Crippen LogP contribution is -2.48. The molecule has 1 aliphatic rings. The first-order chi connectivity index (χ1) is 12.7. The van der Waals surface area contributed by atoms with Gasteiger partial charge >= 0.3 is 0 Å². The number of aromatic nitrogens is 2. The summed E-state index contributed by atoms with van der Waals surface area (Å²) in [6.45, 7) is 3.04. The second-order valence-electron chi connectivity index (χ2n) is 6.18. The summed E-state index contributed by atoms with van der Waals surface area (Å²) >= 11 is 7.09. The molecule has 6 nitrogen and oxygen atoms in total. The molecule has 0 radical (unpaired) electrons. The molecule has 0 bridgehead atoms. The van der Waals surface area contributed by atoms with Crippen molar-refractivity contribution in [2.45, 2.75) is 19.3 Å². The van der Waals surface area contributed by atoms with Crippen LogP contribution in [0.5, 0.6) is 5.75 Å². The third-order valence-corrected chi connectivity index (χ3v) is 5.46. The Bertz CT molecular complexity index is 731. The minimum Gasteiger partial charge on any atom is -0.497 e. The number of rotatable bonds is 7. The van der Waals surface area contributed by atoms with Gasteiger partial charge in [0.1, 0.15) is 11.6 Å². The lowest BCUT2D eigenvalue weighted by atomic mass is 10.1. The Balaban J connectivity index is 1.54. The van der Waals surface area contributed by atoms with Crippen LogP contribution in [-0.2, 0) is 11.2 Å². The van der Waals surface area contributed by atoms with Gasteiger partial charge in [0.25, 0.3) is 0 Å². The van der Waals surface area contributed by atoms with Gasteiger partial charge in [-0.1, -0.05) is 12.1 Å². The number of halogens is 1. The van der Waals surface area contributed by atoms with Crippen LogP contribution in [0.4, 0.5) is 5.13 Å². The molecule has 8 heteroatoms. The van der Waals surface area contributed by atoms with E-state index in [-0.39, 0.29) is 5.91 Å². The summed E-state index contributed by atoms with van der Waals surface area (Å²) in [5.74, 6) is 2.39. The van der Waals surface area contributed by atoms with Gasteiger partial charge in [0.15, 0.2) is 0 Å². The van der Waals surface area contributed by atoms with E-state index in [9.17, 15) is 4.79 Å². The summed E-state index contributed by atoms with van der Waals surface area (Å²) in [6, 6.07) is 7.96. The smallest absolute Gasteiger partial charge is 0.222 e. The van der Waals surface area contributed by atoms with E-state index in [0.717, 1.165) is 54.9 Å². The van der Waals surface area contributed by atoms with Gasteiger partial charge in [0.05, 0.1) is 7.11 Å². The molecule has 0 unspecified atom stereocenters. The van der Waals surface area contributed by atoms with Gasteiger partial charge in [0, 0.05) is 56.4 Å². The van der Waals surface area contributed by atoms with Crippen molar-refractivity contribution in [2.24, 2.45) is 0 Å². The minimum absolute atomic E-state index is 0.196. The van der Waals surface area contributed by atoms with Gasteiger partial charge in [-0.05, 0) is 24.1 Å². The maximum atomic E-state index is 12.1. The number of methoxy groups -OCH3 is 1. The van der Waals surface area contributed by atoms with Crippen molar-refractivity contribution < 1.29 is 9.53 Å². The number of piperazine rings is 1. The Hall–Kier alpha value is -1.86. The topological polar surface area (TPSA) is 58.6 Å². The van der Waals surface area contributed by atoms with Crippen LogP contribution < -0.4 is 9.64 Å². The molecule has 0 aliphatic carbocycles. The molecule has 1 fully saturated rings. The molecular formula is C18H23ClN4O2S. The number of hydrogen-bond acceptors (Lipinski definition) is 6. The lowest BCUT2D eigenvalue weighted by molar-refractivity contribution is -0.131. The van der Waals surface area contributed by atoms with E-state index in [2.05, 4.69) is 20.3 Å². The monoisotopic (exact) mass is 394 g/mol. The predicted molar refractivity (Wildman–Crippen MR) is 104 cm³/mol. The van der Waals surface area contributed by atoms with Crippen molar-refractivity contribution in [1.82, 2.24) is 14.3 Å². The molecule has 26 heavy (non-hydrogen) atoms. The molecular weight excluding hydrogens is 372 g/mol. The van der Waals surface area contributed by atoms with Gasteiger partial charge in [0.2, 0.25) is 11.0 Å². The SMILES string of the molecule is COc1cccc(Cc2nsc(N3CCN(C(=O)CCCCl)CC3)n2)c1. The fourth-order valence-electron chi connectivity index (χ4n) is 2.93. The van der Waals surface area contributed by atoms with Crippen molar-refractivity contribution in [3.63, 3.8) is 0 Å². The maximum absolute atomic E-state index is 12.1. The summed E-state index contributed by atoms with van der Waals surface area (Å²) in [6.07, 6.45) is 1.96. The molecule has 1 aromatic heterocycles. The van der Waals surface area contributed by atoms with Crippen LogP contribution in [-0.4, -0.2) is 59.3 Å². The van der Waals surface area contributed by atoms with Gasteiger partial charge < -0.3 is 14.5 Å². The fraction of sp³-hybridized carbons (Fsp3) is 0.500. The highest BCUT2D eigenvalue weighted by molar-refractivity contribution is 7.09. The van der Waals surface area contributed by atoms with Gasteiger partial charge in [-0.25, -0.2) is 4.98 Å². The summed E-state index contributed by atoms with van der Waals surface area (Å²) in [5.41, 5.74) is 1.13. The highest BCUT2D eigenvalue weighted by Gasteiger charge is 2.23. The average Bonchev–Trinajstić information content (AvgIpc) is 3.14. The molecule has 2 aromatic rings. The summed E-state index contributed by atoms with van der Waals surface area (Å²) < 4.78 is 9.75. The Labute approximate surface area is 162 Å². The first kappa shape index (κ1) is 18.9. The van der Waals surface area contributed by atoms with Crippen LogP contribution in [0.25, 0.3) is 0 Å². The number of ether oxygens (including phenoxy) is 1. The first-order valence-corrected chi connectivity index (χ1v) is 10.0. The van der Waals surface area contributed by atoms with Crippen molar-refractivity contribution >= 4 is 34.2 Å². The summed E-state index contributed by atoms with van der Waals surface area (Å²) in [7, 11) is 1.67. The number of carbonyl (C=O) groups excluding carboxylic acids is 1. The maximum Gasteiger partial charge on any atom is 0.222 e. The van der Waals surface area contributed by atoms with E-state index in [1.54, 1.807) is 7.11 Å². The van der Waals surface area contributed by atoms with Crippen molar-refractivity contribution in [3.05, 3.63) is 35.7 Å². The van der Waals surface area contributed by atoms with Crippen LogP contribution in [0.3, 0.4) is 0 Å². The number of nitrogens with zero attached hydrogens (tertiary/aromatic N) is 4. The molecule has 0 spiro atoms. The zero-order valence-electron chi connectivity index (χ0n) is 14.9. The van der Waals surface area contributed by atoms with Crippen LogP contribution >= 0.6 is 23.1 Å². The first-order valence-electron chi connectivity index (χ1n) is 8.74. The van der Waals surface area contributed by atoms with E-state index < -0.39 is 0 Å². The molecule has 0 saturated carbocycles. The minimum atomic E-state index is 0.196. The average molecular weight is 395 g/mol. The summed E-state index contributed by atoms with van der Waals surface area (Å²) in [4.78, 5) is 20.9. The molecule has 3 rings (SSSR count). The molecule has 0 atom stereocenters. The molecule has 1 aromatic carbocycles. The summed E-state index contributed by atoms with van der Waals surface area (Å²) in [5, 5.41) is 0.927. The Morgan fingerprint density at radius 2 is 2.12 bits per heavy atom. The zero-order chi connectivity index (χ0) is 18.4. The molecule has 2 heterocycles. The van der Waals surface area contributed by atoms with E-state index in [1.165, 1.54) is 11.5 Å². The number of amides is 1. The second-order valence-corrected chi connectivity index (χ2v) is 7.29. The number of hydrogen-bond donors (Lipinski definition) is 0. The van der Waals surface area contributed by atoms with Crippen molar-refractivity contribution in [1.29, 1.82) is 0 Å². The van der Waals surface area contributed by atoms with Crippen molar-refractivity contribution in [2.75, 3.05) is 44.1 Å². The third kappa shape index (κ3) is 4.86. The van der Waals surface area contributed by atoms with E-state index in [1.807, 2.05) is 23.1 Å². The Morgan fingerprint density at radius 3 is 2.85 bits per heavy atom. The second kappa shape index (κ2) is 9.19. The van der Waals surface area contributed by atoms with E-state index in [0.29, 0.717) is 18.7 Å². The highest BCUT2D eigenvalue weighted by Crippen LogP contribution is 2.22. The van der Waals surface area contributed by atoms with Gasteiger partial charge in [-0.15, -0.1) is 11.6 Å². The van der Waals surface area contributed by atoms with E-state index in [4.69, 9.17) is 16.3 Å². The standard InChI is InChI=1S/C18H23ClN4O2S/c1-25-15-5-2-4-14(12-15)13-16-20-18(26-21-16)23-10-8-22(9-11-23)17(24)6-3-7-19/h2,4-5,12H,3,6-11,13H2,1H3. The van der Waals surface area contributed by atoms with Crippen molar-refractivity contribution in [3.8, 4) is 5.75 Å². The Kier molecular flexibility index (Phi) is 6.68. The van der Waals surface area contributed by atoms with Crippen LogP contribution in [0.2, 0.25) is 0 Å². The normalized spacial score (nSPS) is 14.5. The van der Waals surface area contributed by atoms with E-state index >= 15 is 0 Å². The van der Waals surface area contributed by atoms with Crippen LogP contribution in [0.15, 0.2) is 24.3 Å². The molecule has 1 saturated heterocycles. The molecule has 1 aliphatic heterocycles. The van der Waals surface area contributed by atoms with Crippen LogP contribution in [0.1, 0.15) is 24.2 Å².